The molecule has 6 heteroatoms. The quantitative estimate of drug-likeness (QED) is 0.730. The highest BCUT2D eigenvalue weighted by molar-refractivity contribution is 6.03. The van der Waals surface area contributed by atoms with E-state index in [1.54, 1.807) is 18.6 Å². The van der Waals surface area contributed by atoms with Crippen molar-refractivity contribution in [1.29, 1.82) is 0 Å². The van der Waals surface area contributed by atoms with E-state index < -0.39 is 0 Å². The van der Waals surface area contributed by atoms with Crippen molar-refractivity contribution in [3.8, 4) is 0 Å². The maximum atomic E-state index is 12.0. The summed E-state index contributed by atoms with van der Waals surface area (Å²) >= 11 is 0. The van der Waals surface area contributed by atoms with Crippen molar-refractivity contribution in [2.24, 2.45) is 0 Å². The molecule has 0 aliphatic carbocycles. The number of benzene rings is 1. The molecule has 2 heterocycles. The molecule has 0 saturated heterocycles. The number of carbonyl (C=O) groups excluding carboxylic acids is 1. The fraction of sp³-hybridized carbons (Fsp3) is 0.0769. The number of hydrogen-bond acceptors (Lipinski definition) is 4. The lowest BCUT2D eigenvalue weighted by Crippen LogP contribution is -2.14. The Balaban J connectivity index is 1.83. The van der Waals surface area contributed by atoms with Crippen molar-refractivity contribution in [2.45, 2.75) is 6.92 Å². The second kappa shape index (κ2) is 4.49. The van der Waals surface area contributed by atoms with E-state index in [1.807, 2.05) is 19.1 Å². The number of nitrogens with zero attached hydrogens (tertiary/aromatic N) is 3. The van der Waals surface area contributed by atoms with Gasteiger partial charge >= 0.3 is 0 Å². The van der Waals surface area contributed by atoms with E-state index in [0.717, 1.165) is 16.7 Å². The molecular formula is C13H11N5O. The summed E-state index contributed by atoms with van der Waals surface area (Å²) in [4.78, 5) is 27.1. The number of hydrogen-bond donors (Lipinski definition) is 2. The van der Waals surface area contributed by atoms with E-state index in [1.165, 1.54) is 6.20 Å². The third kappa shape index (κ3) is 2.28. The molecule has 0 atom stereocenters. The normalized spacial score (nSPS) is 10.6. The van der Waals surface area contributed by atoms with Gasteiger partial charge in [0.1, 0.15) is 5.69 Å². The Labute approximate surface area is 108 Å². The van der Waals surface area contributed by atoms with Crippen LogP contribution in [0.1, 0.15) is 16.2 Å². The molecule has 1 aromatic carbocycles. The number of imidazole rings is 1. The predicted octanol–water partition coefficient (Wildman–Crippen LogP) is 1.91. The third-order valence-corrected chi connectivity index (χ3v) is 2.69. The molecule has 0 saturated carbocycles. The van der Waals surface area contributed by atoms with Crippen LogP contribution in [0.25, 0.3) is 11.0 Å². The average molecular weight is 253 g/mol. The van der Waals surface area contributed by atoms with Gasteiger partial charge in [-0.15, -0.1) is 0 Å². The van der Waals surface area contributed by atoms with Crippen molar-refractivity contribution in [1.82, 2.24) is 19.9 Å². The van der Waals surface area contributed by atoms with Crippen LogP contribution >= 0.6 is 0 Å². The van der Waals surface area contributed by atoms with Crippen LogP contribution in [-0.4, -0.2) is 25.8 Å². The smallest absolute Gasteiger partial charge is 0.275 e. The number of anilines is 1. The molecule has 0 aliphatic heterocycles. The first kappa shape index (κ1) is 11.3. The van der Waals surface area contributed by atoms with Crippen LogP contribution in [-0.2, 0) is 0 Å². The monoisotopic (exact) mass is 253 g/mol. The number of carbonyl (C=O) groups is 1. The van der Waals surface area contributed by atoms with Crippen LogP contribution < -0.4 is 5.32 Å². The largest absolute Gasteiger partial charge is 0.345 e. The zero-order valence-corrected chi connectivity index (χ0v) is 10.2. The SMILES string of the molecule is Cc1cnc(C(=O)Nc2ccc3nc[nH]c3c2)cn1. The Hall–Kier alpha value is -2.76. The summed E-state index contributed by atoms with van der Waals surface area (Å²) in [6.07, 6.45) is 4.63. The minimum atomic E-state index is -0.286. The summed E-state index contributed by atoms with van der Waals surface area (Å²) < 4.78 is 0. The summed E-state index contributed by atoms with van der Waals surface area (Å²) in [5.41, 5.74) is 3.47. The van der Waals surface area contributed by atoms with Gasteiger partial charge in [0, 0.05) is 11.9 Å². The van der Waals surface area contributed by atoms with E-state index >= 15 is 0 Å². The third-order valence-electron chi connectivity index (χ3n) is 2.69. The molecule has 0 unspecified atom stereocenters. The summed E-state index contributed by atoms with van der Waals surface area (Å²) in [6, 6.07) is 5.45. The molecule has 3 rings (SSSR count). The fourth-order valence-electron chi connectivity index (χ4n) is 1.72. The average Bonchev–Trinajstić information content (AvgIpc) is 2.87. The van der Waals surface area contributed by atoms with Crippen LogP contribution in [0.15, 0.2) is 36.9 Å². The zero-order valence-electron chi connectivity index (χ0n) is 10.2. The van der Waals surface area contributed by atoms with Gasteiger partial charge in [-0.3, -0.25) is 9.78 Å². The first-order valence-electron chi connectivity index (χ1n) is 5.75. The highest BCUT2D eigenvalue weighted by Crippen LogP contribution is 2.16. The predicted molar refractivity (Wildman–Crippen MR) is 70.8 cm³/mol. The van der Waals surface area contributed by atoms with E-state index in [0.29, 0.717) is 5.69 Å². The number of aromatic amines is 1. The second-order valence-corrected chi connectivity index (χ2v) is 4.13. The van der Waals surface area contributed by atoms with Crippen molar-refractivity contribution in [3.05, 3.63) is 48.3 Å². The number of aromatic nitrogens is 4. The van der Waals surface area contributed by atoms with Crippen LogP contribution in [0, 0.1) is 6.92 Å². The van der Waals surface area contributed by atoms with Gasteiger partial charge in [0.25, 0.3) is 5.91 Å². The molecule has 2 aromatic heterocycles. The van der Waals surface area contributed by atoms with E-state index in [9.17, 15) is 4.79 Å². The molecule has 2 N–H and O–H groups in total. The molecule has 1 amide bonds. The topological polar surface area (TPSA) is 83.6 Å². The number of amides is 1. The van der Waals surface area contributed by atoms with Gasteiger partial charge < -0.3 is 10.3 Å². The van der Waals surface area contributed by atoms with Crippen molar-refractivity contribution in [2.75, 3.05) is 5.32 Å². The van der Waals surface area contributed by atoms with Gasteiger partial charge in [0.15, 0.2) is 0 Å². The molecule has 94 valence electrons. The van der Waals surface area contributed by atoms with E-state index in [-0.39, 0.29) is 11.6 Å². The molecule has 0 spiro atoms. The van der Waals surface area contributed by atoms with Crippen LogP contribution in [0.4, 0.5) is 5.69 Å². The number of rotatable bonds is 2. The summed E-state index contributed by atoms with van der Waals surface area (Å²) in [5, 5.41) is 2.77. The van der Waals surface area contributed by atoms with Gasteiger partial charge in [-0.25, -0.2) is 9.97 Å². The lowest BCUT2D eigenvalue weighted by molar-refractivity contribution is 0.102. The molecule has 19 heavy (non-hydrogen) atoms. The molecule has 0 radical (unpaired) electrons. The van der Waals surface area contributed by atoms with Crippen LogP contribution in [0.3, 0.4) is 0 Å². The molecular weight excluding hydrogens is 242 g/mol. The van der Waals surface area contributed by atoms with Gasteiger partial charge in [-0.2, -0.15) is 0 Å². The minimum absolute atomic E-state index is 0.286. The first-order valence-corrected chi connectivity index (χ1v) is 5.75. The molecule has 0 bridgehead atoms. The number of H-pyrrole nitrogens is 1. The van der Waals surface area contributed by atoms with Crippen molar-refractivity contribution in [3.63, 3.8) is 0 Å². The van der Waals surface area contributed by atoms with E-state index in [2.05, 4.69) is 25.3 Å². The highest BCUT2D eigenvalue weighted by atomic mass is 16.1. The molecule has 3 aromatic rings. The standard InChI is InChI=1S/C13H11N5O/c1-8-5-15-12(6-14-8)13(19)18-9-2-3-10-11(4-9)17-7-16-10/h2-7H,1H3,(H,16,17)(H,18,19). The van der Waals surface area contributed by atoms with E-state index in [4.69, 9.17) is 0 Å². The van der Waals surface area contributed by atoms with Crippen molar-refractivity contribution < 1.29 is 4.79 Å². The lowest BCUT2D eigenvalue weighted by Gasteiger charge is -2.04. The molecule has 6 nitrogen and oxygen atoms in total. The first-order chi connectivity index (χ1) is 9.22. The van der Waals surface area contributed by atoms with Gasteiger partial charge in [0.2, 0.25) is 0 Å². The Kier molecular flexibility index (Phi) is 2.68. The fourth-order valence-corrected chi connectivity index (χ4v) is 1.72. The Bertz CT molecular complexity index is 732. The Morgan fingerprint density at radius 2 is 2.11 bits per heavy atom. The maximum absolute atomic E-state index is 12.0. The van der Waals surface area contributed by atoms with Crippen LogP contribution in [0.2, 0.25) is 0 Å². The molecule has 0 aliphatic rings. The summed E-state index contributed by atoms with van der Waals surface area (Å²) in [5.74, 6) is -0.286. The Morgan fingerprint density at radius 3 is 2.89 bits per heavy atom. The van der Waals surface area contributed by atoms with Crippen molar-refractivity contribution >= 4 is 22.6 Å². The molecule has 0 fully saturated rings. The van der Waals surface area contributed by atoms with Gasteiger partial charge in [-0.05, 0) is 25.1 Å². The summed E-state index contributed by atoms with van der Waals surface area (Å²) in [7, 11) is 0. The lowest BCUT2D eigenvalue weighted by atomic mass is 10.2. The second-order valence-electron chi connectivity index (χ2n) is 4.13. The van der Waals surface area contributed by atoms with Crippen LogP contribution in [0.5, 0.6) is 0 Å². The summed E-state index contributed by atoms with van der Waals surface area (Å²) in [6.45, 7) is 1.82. The number of nitrogens with one attached hydrogen (secondary N) is 2. The Morgan fingerprint density at radius 1 is 1.21 bits per heavy atom. The highest BCUT2D eigenvalue weighted by Gasteiger charge is 2.08. The van der Waals surface area contributed by atoms with Gasteiger partial charge in [-0.1, -0.05) is 0 Å². The minimum Gasteiger partial charge on any atom is -0.345 e. The van der Waals surface area contributed by atoms with Gasteiger partial charge in [0.05, 0.1) is 29.3 Å². The maximum Gasteiger partial charge on any atom is 0.275 e. The number of fused-ring (bicyclic) bond motifs is 1. The number of aryl methyl sites for hydroxylation is 1. The zero-order chi connectivity index (χ0) is 13.2.